The fraction of sp³-hybridized carbons (Fsp3) is 0.182. The number of amides is 1. The molecule has 94 valence electrons. The topological polar surface area (TPSA) is 92.9 Å². The lowest BCUT2D eigenvalue weighted by molar-refractivity contribution is 0.0951. The Bertz CT molecular complexity index is 554. The van der Waals surface area contributed by atoms with Crippen LogP contribution < -0.4 is 16.6 Å². The maximum absolute atomic E-state index is 11.9. The molecule has 0 unspecified atom stereocenters. The van der Waals surface area contributed by atoms with Crippen molar-refractivity contribution in [3.63, 3.8) is 0 Å². The minimum atomic E-state index is -0.179. The van der Waals surface area contributed by atoms with Crippen molar-refractivity contribution in [2.45, 2.75) is 13.5 Å². The van der Waals surface area contributed by atoms with Gasteiger partial charge in [0.1, 0.15) is 10.8 Å². The SMILES string of the molecule is Cc1csc(CNC(=O)c2ccnc(NN)c2)n1. The summed E-state index contributed by atoms with van der Waals surface area (Å²) in [6.07, 6.45) is 1.53. The van der Waals surface area contributed by atoms with Gasteiger partial charge in [-0.05, 0) is 19.1 Å². The Morgan fingerprint density at radius 1 is 1.56 bits per heavy atom. The molecular formula is C11H13N5OS. The molecule has 0 atom stereocenters. The molecule has 18 heavy (non-hydrogen) atoms. The number of aryl methyl sites for hydroxylation is 1. The Morgan fingerprint density at radius 3 is 3.06 bits per heavy atom. The minimum absolute atomic E-state index is 0.179. The quantitative estimate of drug-likeness (QED) is 0.566. The number of hydrogen-bond acceptors (Lipinski definition) is 6. The van der Waals surface area contributed by atoms with Gasteiger partial charge >= 0.3 is 0 Å². The van der Waals surface area contributed by atoms with Gasteiger partial charge in [-0.3, -0.25) is 4.79 Å². The van der Waals surface area contributed by atoms with E-state index in [9.17, 15) is 4.79 Å². The number of aromatic nitrogens is 2. The second-order valence-electron chi connectivity index (χ2n) is 3.64. The summed E-state index contributed by atoms with van der Waals surface area (Å²) in [5, 5.41) is 5.62. The molecule has 6 nitrogen and oxygen atoms in total. The number of hydrogen-bond donors (Lipinski definition) is 3. The number of nitrogens with one attached hydrogen (secondary N) is 2. The molecule has 0 radical (unpaired) electrons. The van der Waals surface area contributed by atoms with Crippen molar-refractivity contribution < 1.29 is 4.79 Å². The number of hydrazine groups is 1. The molecule has 0 aliphatic carbocycles. The van der Waals surface area contributed by atoms with Gasteiger partial charge in [0.2, 0.25) is 0 Å². The van der Waals surface area contributed by atoms with Crippen LogP contribution in [-0.2, 0) is 6.54 Å². The molecule has 2 heterocycles. The Balaban J connectivity index is 1.99. The number of pyridine rings is 1. The molecule has 0 saturated heterocycles. The van der Waals surface area contributed by atoms with E-state index in [0.29, 0.717) is 17.9 Å². The first-order chi connectivity index (χ1) is 8.69. The van der Waals surface area contributed by atoms with Crippen LogP contribution in [0.3, 0.4) is 0 Å². The van der Waals surface area contributed by atoms with Gasteiger partial charge in [0.15, 0.2) is 0 Å². The van der Waals surface area contributed by atoms with Crippen molar-refractivity contribution in [1.82, 2.24) is 15.3 Å². The zero-order chi connectivity index (χ0) is 13.0. The summed E-state index contributed by atoms with van der Waals surface area (Å²) in [6, 6.07) is 3.21. The molecule has 0 aliphatic rings. The third-order valence-electron chi connectivity index (χ3n) is 2.24. The molecule has 2 aromatic heterocycles. The van der Waals surface area contributed by atoms with Crippen LogP contribution in [0.1, 0.15) is 21.1 Å². The van der Waals surface area contributed by atoms with Crippen molar-refractivity contribution in [2.75, 3.05) is 5.43 Å². The average molecular weight is 263 g/mol. The van der Waals surface area contributed by atoms with Gasteiger partial charge in [-0.25, -0.2) is 15.8 Å². The molecule has 0 saturated carbocycles. The first-order valence-corrected chi connectivity index (χ1v) is 6.19. The van der Waals surface area contributed by atoms with Gasteiger partial charge in [-0.15, -0.1) is 11.3 Å². The highest BCUT2D eigenvalue weighted by Crippen LogP contribution is 2.09. The maximum Gasteiger partial charge on any atom is 0.251 e. The number of rotatable bonds is 4. The third kappa shape index (κ3) is 3.02. The number of nitrogens with two attached hydrogens (primary N) is 1. The summed E-state index contributed by atoms with van der Waals surface area (Å²) in [7, 11) is 0. The van der Waals surface area contributed by atoms with Gasteiger partial charge in [-0.2, -0.15) is 0 Å². The molecule has 7 heteroatoms. The van der Waals surface area contributed by atoms with Gasteiger partial charge < -0.3 is 10.7 Å². The van der Waals surface area contributed by atoms with E-state index < -0.39 is 0 Å². The standard InChI is InChI=1S/C11H13N5OS/c1-7-6-18-10(15-7)5-14-11(17)8-2-3-13-9(4-8)16-12/h2-4,6H,5,12H2,1H3,(H,13,16)(H,14,17). The molecule has 2 rings (SSSR count). The third-order valence-corrected chi connectivity index (χ3v) is 3.20. The Morgan fingerprint density at radius 2 is 2.39 bits per heavy atom. The monoisotopic (exact) mass is 263 g/mol. The summed E-state index contributed by atoms with van der Waals surface area (Å²) in [5.74, 6) is 5.51. The fourth-order valence-corrected chi connectivity index (χ4v) is 2.10. The first-order valence-electron chi connectivity index (χ1n) is 5.31. The number of carbonyl (C=O) groups excluding carboxylic acids is 1. The van der Waals surface area contributed by atoms with Crippen molar-refractivity contribution in [3.8, 4) is 0 Å². The Hall–Kier alpha value is -1.99. The van der Waals surface area contributed by atoms with Crippen LogP contribution in [-0.4, -0.2) is 15.9 Å². The van der Waals surface area contributed by atoms with E-state index in [-0.39, 0.29) is 5.91 Å². The molecule has 1 amide bonds. The van der Waals surface area contributed by atoms with Gasteiger partial charge in [0.25, 0.3) is 5.91 Å². The zero-order valence-electron chi connectivity index (χ0n) is 9.80. The maximum atomic E-state index is 11.9. The molecule has 0 fully saturated rings. The summed E-state index contributed by atoms with van der Waals surface area (Å²) < 4.78 is 0. The van der Waals surface area contributed by atoms with Crippen LogP contribution in [0.4, 0.5) is 5.82 Å². The van der Waals surface area contributed by atoms with Crippen molar-refractivity contribution >= 4 is 23.1 Å². The predicted octanol–water partition coefficient (Wildman–Crippen LogP) is 1.06. The molecule has 2 aromatic rings. The number of anilines is 1. The van der Waals surface area contributed by atoms with Crippen LogP contribution in [0.2, 0.25) is 0 Å². The number of thiazole rings is 1. The van der Waals surface area contributed by atoms with Gasteiger partial charge in [0, 0.05) is 22.8 Å². The van der Waals surface area contributed by atoms with Crippen LogP contribution in [0.15, 0.2) is 23.7 Å². The minimum Gasteiger partial charge on any atom is -0.346 e. The molecule has 0 aliphatic heterocycles. The number of carbonyl (C=O) groups is 1. The number of nitrogens with zero attached hydrogens (tertiary/aromatic N) is 2. The van der Waals surface area contributed by atoms with Crippen LogP contribution in [0.5, 0.6) is 0 Å². The molecule has 0 spiro atoms. The highest BCUT2D eigenvalue weighted by atomic mass is 32.1. The van der Waals surface area contributed by atoms with E-state index in [1.165, 1.54) is 17.5 Å². The zero-order valence-corrected chi connectivity index (χ0v) is 10.6. The Labute approximate surface area is 108 Å². The lowest BCUT2D eigenvalue weighted by Crippen LogP contribution is -2.23. The van der Waals surface area contributed by atoms with E-state index in [0.717, 1.165) is 10.7 Å². The predicted molar refractivity (Wildman–Crippen MR) is 70.1 cm³/mol. The lowest BCUT2D eigenvalue weighted by atomic mass is 10.2. The van der Waals surface area contributed by atoms with E-state index >= 15 is 0 Å². The first kappa shape index (κ1) is 12.5. The lowest BCUT2D eigenvalue weighted by Gasteiger charge is -2.04. The molecular weight excluding hydrogens is 250 g/mol. The van der Waals surface area contributed by atoms with Gasteiger partial charge in [0.05, 0.1) is 6.54 Å². The van der Waals surface area contributed by atoms with Crippen LogP contribution in [0.25, 0.3) is 0 Å². The molecule has 0 aromatic carbocycles. The van der Waals surface area contributed by atoms with Crippen molar-refractivity contribution in [1.29, 1.82) is 0 Å². The molecule has 0 bridgehead atoms. The van der Waals surface area contributed by atoms with E-state index in [2.05, 4.69) is 20.7 Å². The van der Waals surface area contributed by atoms with E-state index in [1.54, 1.807) is 12.1 Å². The van der Waals surface area contributed by atoms with Crippen molar-refractivity contribution in [2.24, 2.45) is 5.84 Å². The summed E-state index contributed by atoms with van der Waals surface area (Å²) >= 11 is 1.52. The van der Waals surface area contributed by atoms with Crippen LogP contribution in [0, 0.1) is 6.92 Å². The van der Waals surface area contributed by atoms with Crippen LogP contribution >= 0.6 is 11.3 Å². The highest BCUT2D eigenvalue weighted by molar-refractivity contribution is 7.09. The summed E-state index contributed by atoms with van der Waals surface area (Å²) in [4.78, 5) is 20.1. The normalized spacial score (nSPS) is 10.1. The second kappa shape index (κ2) is 5.56. The second-order valence-corrected chi connectivity index (χ2v) is 4.58. The largest absolute Gasteiger partial charge is 0.346 e. The van der Waals surface area contributed by atoms with Crippen molar-refractivity contribution in [3.05, 3.63) is 40.0 Å². The van der Waals surface area contributed by atoms with E-state index in [1.807, 2.05) is 12.3 Å². The Kier molecular flexibility index (Phi) is 3.85. The molecule has 4 N–H and O–H groups in total. The summed E-state index contributed by atoms with van der Waals surface area (Å²) in [6.45, 7) is 2.34. The number of nitrogen functional groups attached to an aromatic ring is 1. The fourth-order valence-electron chi connectivity index (χ4n) is 1.39. The average Bonchev–Trinajstić information content (AvgIpc) is 2.82. The highest BCUT2D eigenvalue weighted by Gasteiger charge is 2.07. The summed E-state index contributed by atoms with van der Waals surface area (Å²) in [5.41, 5.74) is 3.86. The smallest absolute Gasteiger partial charge is 0.251 e. The van der Waals surface area contributed by atoms with E-state index in [4.69, 9.17) is 5.84 Å². The van der Waals surface area contributed by atoms with Gasteiger partial charge in [-0.1, -0.05) is 0 Å².